The number of nitrogens with zero attached hydrogens (tertiary/aromatic N) is 5. The van der Waals surface area contributed by atoms with E-state index >= 15 is 0 Å². The first-order valence-electron chi connectivity index (χ1n) is 45.1. The van der Waals surface area contributed by atoms with Crippen LogP contribution in [-0.2, 0) is 110 Å². The van der Waals surface area contributed by atoms with Gasteiger partial charge in [-0.3, -0.25) is 33.6 Å². The number of carbonyl (C=O) groups is 7. The van der Waals surface area contributed by atoms with Crippen LogP contribution in [0.2, 0.25) is 0 Å². The second-order valence-electron chi connectivity index (χ2n) is 35.0. The van der Waals surface area contributed by atoms with Crippen LogP contribution in [0.1, 0.15) is 160 Å². The van der Waals surface area contributed by atoms with Crippen molar-refractivity contribution < 1.29 is 119 Å². The Balaban J connectivity index is 0.000000169. The van der Waals surface area contributed by atoms with Crippen LogP contribution < -0.4 is 62.1 Å². The molecule has 141 heavy (non-hydrogen) atoms. The van der Waals surface area contributed by atoms with Gasteiger partial charge < -0.3 is 82.2 Å². The summed E-state index contributed by atoms with van der Waals surface area (Å²) >= 11 is 0. The van der Waals surface area contributed by atoms with E-state index in [9.17, 15) is 115 Å². The summed E-state index contributed by atoms with van der Waals surface area (Å²) < 4.78 is 200. The highest BCUT2D eigenvalue weighted by molar-refractivity contribution is 5.95. The van der Waals surface area contributed by atoms with Gasteiger partial charge in [-0.25, -0.2) is 0 Å². The third-order valence-electron chi connectivity index (χ3n) is 24.3. The number of aliphatic hydroxyl groups is 3. The van der Waals surface area contributed by atoms with Crippen molar-refractivity contribution in [2.75, 3.05) is 105 Å². The Morgan fingerprint density at radius 1 is 0.326 bits per heavy atom. The zero-order valence-electron chi connectivity index (χ0n) is 78.1. The van der Waals surface area contributed by atoms with E-state index in [4.69, 9.17) is 10.5 Å². The van der Waals surface area contributed by atoms with Crippen molar-refractivity contribution in [3.63, 3.8) is 0 Å². The van der Waals surface area contributed by atoms with Crippen LogP contribution in [0.25, 0.3) is 0 Å². The minimum Gasteiger partial charge on any atom is -0.376 e. The van der Waals surface area contributed by atoms with Gasteiger partial charge in [0.25, 0.3) is 17.1 Å². The van der Waals surface area contributed by atoms with E-state index in [2.05, 4.69) is 70.9 Å². The van der Waals surface area contributed by atoms with Gasteiger partial charge in [-0.2, -0.15) is 65.9 Å². The molecule has 0 saturated heterocycles. The van der Waals surface area contributed by atoms with Gasteiger partial charge in [-0.15, -0.1) is 0 Å². The number of fused-ring (bicyclic) bond motifs is 5. The van der Waals surface area contributed by atoms with Crippen LogP contribution in [0.15, 0.2) is 212 Å². The number of anilines is 10. The van der Waals surface area contributed by atoms with Gasteiger partial charge >= 0.3 is 30.9 Å². The normalized spacial score (nSPS) is 14.5. The highest BCUT2D eigenvalue weighted by atomic mass is 19.4. The van der Waals surface area contributed by atoms with E-state index in [1.165, 1.54) is 75.0 Å². The number of aryl methyl sites for hydroxylation is 5. The van der Waals surface area contributed by atoms with Crippen molar-refractivity contribution in [1.82, 2.24) is 5.32 Å². The van der Waals surface area contributed by atoms with Crippen LogP contribution in [0.3, 0.4) is 0 Å². The zero-order chi connectivity index (χ0) is 103. The van der Waals surface area contributed by atoms with Gasteiger partial charge in [-0.05, 0) is 248 Å². The molecule has 10 aromatic rings. The molecule has 15 rings (SSSR count). The number of methoxy groups -OCH3 is 1. The van der Waals surface area contributed by atoms with Crippen molar-refractivity contribution in [3.8, 4) is 0 Å². The summed E-state index contributed by atoms with van der Waals surface area (Å²) in [5.41, 5.74) is 9.63. The number of nitrogens with one attached hydrogen (secondary N) is 6. The van der Waals surface area contributed by atoms with Crippen molar-refractivity contribution in [2.45, 2.75) is 179 Å². The number of halogens is 15. The Morgan fingerprint density at radius 2 is 0.553 bits per heavy atom. The lowest BCUT2D eigenvalue weighted by atomic mass is 9.91. The molecule has 0 aliphatic carbocycles. The minimum atomic E-state index is -5.92. The molecule has 5 heterocycles. The summed E-state index contributed by atoms with van der Waals surface area (Å²) in [5.74, 6) is -1.22. The Bertz CT molecular complexity index is 6030. The lowest BCUT2D eigenvalue weighted by Crippen LogP contribution is -2.53. The molecular weight excluding hydrogens is 1870 g/mol. The summed E-state index contributed by atoms with van der Waals surface area (Å²) in [6.07, 6.45) is -19.2. The molecule has 11 N–H and O–H groups in total. The lowest BCUT2D eigenvalue weighted by molar-refractivity contribution is -0.376. The molecule has 0 fully saturated rings. The summed E-state index contributed by atoms with van der Waals surface area (Å²) in [4.78, 5) is 90.2. The van der Waals surface area contributed by atoms with E-state index in [0.29, 0.717) is 77.5 Å². The maximum absolute atomic E-state index is 13.1. The quantitative estimate of drug-likeness (QED) is 0.0282. The molecule has 10 aromatic carbocycles. The number of rotatable bonds is 22. The van der Waals surface area contributed by atoms with Gasteiger partial charge in [0.2, 0.25) is 35.4 Å². The van der Waals surface area contributed by atoms with Crippen LogP contribution >= 0.6 is 0 Å². The first-order chi connectivity index (χ1) is 66.4. The van der Waals surface area contributed by atoms with Gasteiger partial charge in [0.05, 0.1) is 0 Å². The van der Waals surface area contributed by atoms with Crippen LogP contribution in [0.5, 0.6) is 0 Å². The first-order valence-corrected chi connectivity index (χ1v) is 45.1. The molecule has 1 atom stereocenters. The predicted molar refractivity (Wildman–Crippen MR) is 509 cm³/mol. The topological polar surface area (TPSA) is 304 Å². The van der Waals surface area contributed by atoms with E-state index in [1.807, 2.05) is 94.7 Å². The largest absolute Gasteiger partial charge is 0.430 e. The standard InChI is InChI=1S/C22H22F6N2O3.C21H20F6N2O2.C21H23F3N2O2.C20H23N3O2.C19H21N3O2/c1-33-13-19(31)29-17-8-9-18-15(11-17)3-2-10-30(18)12-14-4-6-16(7-5-14)20(32,21(23,24)25)22(26,27)28;1-13(30)28-17-8-9-18-15(11-17)3-2-10-29(18)12-14-4-6-16(7-5-14)19(31,20(22,23)24)21(25,26)27;1-14(27)25-18-9-10-19-16(12-18)4-3-11-26(19)13-15-5-7-17(8-6-15)20(2,28)21(22,23)24;1-14(24)22-18-9-10-19-17(12-18)4-3-11-23(19)13-15-5-7-16(8-6-15)20(25)21-2;1-13(23)21-17-8-9-18-16(11-17)3-2-10-22(18)12-14-4-6-15(7-5-14)19(20)24/h4-9,11,32H,2-3,10,12-13H2,1H3,(H,29,31);4-9,11,31H,2-3,10,12H2,1H3,(H,28,30);5-10,12,28H,3-4,11,13H2,1-2H3,(H,25,27);5-10,12H,3-4,11,13H2,1-2H3,(H,21,25)(H,22,24);4-9,11H,2-3,10,12H2,1H3,(H2,20,24)(H,21,23). The molecule has 0 bridgehead atoms. The van der Waals surface area contributed by atoms with Crippen molar-refractivity contribution in [1.29, 1.82) is 0 Å². The first kappa shape index (κ1) is 108. The monoisotopic (exact) mass is 1970 g/mol. The summed E-state index contributed by atoms with van der Waals surface area (Å²) in [6.45, 7) is 13.4. The number of ether oxygens (including phenoxy) is 1. The lowest BCUT2D eigenvalue weighted by Gasteiger charge is -2.33. The fraction of sp³-hybridized carbons (Fsp3) is 0.350. The number of primary amides is 1. The number of amides is 7. The maximum Gasteiger partial charge on any atom is 0.430 e. The zero-order valence-corrected chi connectivity index (χ0v) is 78.1. The molecule has 38 heteroatoms. The Morgan fingerprint density at radius 3 is 0.766 bits per heavy atom. The second kappa shape index (κ2) is 45.7. The Labute approximate surface area is 804 Å². The third kappa shape index (κ3) is 27.3. The van der Waals surface area contributed by atoms with Gasteiger partial charge in [0, 0.05) is 186 Å². The van der Waals surface area contributed by atoms with Crippen molar-refractivity contribution in [2.24, 2.45) is 5.73 Å². The number of benzene rings is 10. The number of alkyl halides is 15. The van der Waals surface area contributed by atoms with Crippen molar-refractivity contribution >= 4 is 98.2 Å². The highest BCUT2D eigenvalue weighted by Crippen LogP contribution is 2.52. The molecule has 0 saturated carbocycles. The van der Waals surface area contributed by atoms with E-state index < -0.39 is 64.7 Å². The molecule has 0 aromatic heterocycles. The fourth-order valence-electron chi connectivity index (χ4n) is 17.3. The highest BCUT2D eigenvalue weighted by Gasteiger charge is 2.72. The summed E-state index contributed by atoms with van der Waals surface area (Å²) in [5, 5.41) is 45.3. The molecule has 5 aliphatic heterocycles. The maximum atomic E-state index is 13.1. The molecule has 752 valence electrons. The average Bonchev–Trinajstić information content (AvgIpc) is 0.746. The summed E-state index contributed by atoms with van der Waals surface area (Å²) in [7, 11) is 3.04. The fourth-order valence-corrected chi connectivity index (χ4v) is 17.3. The second-order valence-corrected chi connectivity index (χ2v) is 35.0. The molecule has 0 radical (unpaired) electrons. The van der Waals surface area contributed by atoms with Crippen LogP contribution in [0, 0.1) is 0 Å². The van der Waals surface area contributed by atoms with Gasteiger partial charge in [0.1, 0.15) is 6.61 Å². The minimum absolute atomic E-state index is 0.0520. The average molecular weight is 1980 g/mol. The van der Waals surface area contributed by atoms with E-state index in [0.717, 1.165) is 190 Å². The van der Waals surface area contributed by atoms with Gasteiger partial charge in [-0.1, -0.05) is 97.1 Å². The van der Waals surface area contributed by atoms with Gasteiger partial charge in [0.15, 0.2) is 5.60 Å². The molecule has 1 unspecified atom stereocenters. The molecule has 5 aliphatic rings. The smallest absolute Gasteiger partial charge is 0.376 e. The SMILES string of the molecule is CC(=O)Nc1ccc2c(c1)CCCN2Cc1ccc(C(C)(O)C(F)(F)F)cc1.CC(=O)Nc1ccc2c(c1)CCCN2Cc1ccc(C(N)=O)cc1.CC(=O)Nc1ccc2c(c1)CCCN2Cc1ccc(C(O)(C(F)(F)F)C(F)(F)F)cc1.CNC(=O)c1ccc(CN2CCCc3cc(NC(C)=O)ccc32)cc1.COCC(=O)Nc1ccc2c(c1)CCCN2Cc1ccc(C(O)(C(F)(F)F)C(F)(F)F)cc1. The summed E-state index contributed by atoms with van der Waals surface area (Å²) in [6, 6.07) is 56.9. The van der Waals surface area contributed by atoms with Crippen LogP contribution in [-0.4, -0.2) is 141 Å². The van der Waals surface area contributed by atoms with Crippen molar-refractivity contribution in [3.05, 3.63) is 296 Å². The number of hydrogen-bond acceptors (Lipinski definition) is 16. The number of carbonyl (C=O) groups excluding carboxylic acids is 7. The van der Waals surface area contributed by atoms with E-state index in [1.54, 1.807) is 49.5 Å². The predicted octanol–water partition coefficient (Wildman–Crippen LogP) is 19.5. The van der Waals surface area contributed by atoms with E-state index in [-0.39, 0.29) is 60.7 Å². The molecule has 0 spiro atoms. The van der Waals surface area contributed by atoms with Crippen LogP contribution in [0.4, 0.5) is 123 Å². The Kier molecular flexibility index (Phi) is 34.9. The number of nitrogens with two attached hydrogens (primary N) is 1. The third-order valence-corrected chi connectivity index (χ3v) is 24.3. The molecule has 7 amide bonds. The molecule has 23 nitrogen and oxygen atoms in total. The molecular formula is C103H109F15N12O11. The Hall–Kier alpha value is -13.7. The number of hydrogen-bond donors (Lipinski definition) is 10.